The van der Waals surface area contributed by atoms with Gasteiger partial charge in [0.2, 0.25) is 5.56 Å². The summed E-state index contributed by atoms with van der Waals surface area (Å²) in [5.41, 5.74) is 4.11. The molecule has 2 fully saturated rings. The summed E-state index contributed by atoms with van der Waals surface area (Å²) < 4.78 is 5.49. The highest BCUT2D eigenvalue weighted by Crippen LogP contribution is 2.52. The van der Waals surface area contributed by atoms with Crippen LogP contribution in [0.15, 0.2) is 72.9 Å². The molecule has 2 saturated heterocycles. The molecule has 3 aliphatic rings. The molecule has 0 saturated carbocycles. The van der Waals surface area contributed by atoms with Gasteiger partial charge in [0.25, 0.3) is 0 Å². The van der Waals surface area contributed by atoms with Gasteiger partial charge >= 0.3 is 0 Å². The maximum absolute atomic E-state index is 12.6. The first-order valence-corrected chi connectivity index (χ1v) is 13.9. The molecule has 3 aromatic rings. The number of rotatable bonds is 4. The highest BCUT2D eigenvalue weighted by atomic mass is 32.2. The van der Waals surface area contributed by atoms with Gasteiger partial charge < -0.3 is 24.8 Å². The molecule has 8 heteroatoms. The van der Waals surface area contributed by atoms with Crippen molar-refractivity contribution in [2.24, 2.45) is 0 Å². The van der Waals surface area contributed by atoms with E-state index in [1.54, 1.807) is 17.8 Å². The lowest BCUT2D eigenvalue weighted by Gasteiger charge is -2.34. The van der Waals surface area contributed by atoms with Crippen LogP contribution in [0.2, 0.25) is 0 Å². The lowest BCUT2D eigenvalue weighted by Crippen LogP contribution is -2.44. The molecule has 0 amide bonds. The summed E-state index contributed by atoms with van der Waals surface area (Å²) in [6, 6.07) is 17.6. The number of pyridine rings is 1. The second-order valence-electron chi connectivity index (χ2n) is 9.29. The molecule has 182 valence electrons. The predicted octanol–water partition coefficient (Wildman–Crippen LogP) is 4.68. The summed E-state index contributed by atoms with van der Waals surface area (Å²) in [5, 5.41) is 3.53. The molecule has 4 heterocycles. The Balaban J connectivity index is 1.30. The Morgan fingerprint density at radius 3 is 2.74 bits per heavy atom. The van der Waals surface area contributed by atoms with Crippen LogP contribution in [0.3, 0.4) is 0 Å². The van der Waals surface area contributed by atoms with Crippen LogP contribution in [0, 0.1) is 0 Å². The summed E-state index contributed by atoms with van der Waals surface area (Å²) in [6.07, 6.45) is 2.46. The zero-order valence-electron chi connectivity index (χ0n) is 19.9. The van der Waals surface area contributed by atoms with Gasteiger partial charge in [-0.05, 0) is 49.7 Å². The minimum absolute atomic E-state index is 0.0691. The number of H-pyrrole nitrogens is 1. The highest BCUT2D eigenvalue weighted by Gasteiger charge is 2.24. The molecule has 2 aromatic carbocycles. The van der Waals surface area contributed by atoms with Gasteiger partial charge in [-0.25, -0.2) is 0 Å². The zero-order chi connectivity index (χ0) is 23.8. The number of likely N-dealkylation sites (N-methyl/N-ethyl adjacent to an activating group) is 1. The van der Waals surface area contributed by atoms with Gasteiger partial charge in [-0.2, -0.15) is 0 Å². The molecule has 0 aliphatic carbocycles. The quantitative estimate of drug-likeness (QED) is 0.417. The van der Waals surface area contributed by atoms with Crippen LogP contribution in [-0.4, -0.2) is 57.5 Å². The molecule has 1 atom stereocenters. The molecule has 1 unspecified atom stereocenters. The molecule has 1 aromatic heterocycles. The lowest BCUT2D eigenvalue weighted by atomic mass is 10.1. The van der Waals surface area contributed by atoms with Crippen molar-refractivity contribution in [1.29, 1.82) is 0 Å². The summed E-state index contributed by atoms with van der Waals surface area (Å²) in [4.78, 5) is 25.3. The van der Waals surface area contributed by atoms with Crippen molar-refractivity contribution in [1.82, 2.24) is 10.3 Å². The van der Waals surface area contributed by atoms with Crippen molar-refractivity contribution in [2.45, 2.75) is 38.5 Å². The van der Waals surface area contributed by atoms with E-state index in [4.69, 9.17) is 4.74 Å². The number of anilines is 2. The van der Waals surface area contributed by atoms with Crippen LogP contribution in [0.1, 0.15) is 12.8 Å². The molecule has 35 heavy (non-hydrogen) atoms. The van der Waals surface area contributed by atoms with E-state index < -0.39 is 0 Å². The fraction of sp³-hybridized carbons (Fsp3) is 0.370. The molecule has 6 rings (SSSR count). The number of hydrogen-bond acceptors (Lipinski definition) is 7. The SMILES string of the molecule is CN(c1ccc2c(c1)Sc1cccc(-c3cc(N4CCOCC4)cc(=O)[nH]3)c1S2)C1CCCNC1. The maximum atomic E-state index is 12.6. The first kappa shape index (κ1) is 23.0. The summed E-state index contributed by atoms with van der Waals surface area (Å²) in [6.45, 7) is 5.17. The third kappa shape index (κ3) is 4.72. The minimum Gasteiger partial charge on any atom is -0.378 e. The first-order valence-electron chi connectivity index (χ1n) is 12.3. The van der Waals surface area contributed by atoms with E-state index >= 15 is 0 Å². The summed E-state index contributed by atoms with van der Waals surface area (Å²) in [5.74, 6) is 0. The van der Waals surface area contributed by atoms with Crippen molar-refractivity contribution < 1.29 is 4.74 Å². The Morgan fingerprint density at radius 1 is 1.03 bits per heavy atom. The smallest absolute Gasteiger partial charge is 0.250 e. The van der Waals surface area contributed by atoms with Crippen molar-refractivity contribution in [2.75, 3.05) is 56.2 Å². The van der Waals surface area contributed by atoms with Crippen LogP contribution < -0.4 is 20.7 Å². The number of hydrogen-bond donors (Lipinski definition) is 2. The number of aromatic amines is 1. The Bertz CT molecular complexity index is 1280. The third-order valence-corrected chi connectivity index (χ3v) is 9.66. The van der Waals surface area contributed by atoms with Crippen molar-refractivity contribution in [3.8, 4) is 11.3 Å². The van der Waals surface area contributed by atoms with Gasteiger partial charge in [0.15, 0.2) is 0 Å². The van der Waals surface area contributed by atoms with Crippen LogP contribution >= 0.6 is 23.5 Å². The van der Waals surface area contributed by atoms with Crippen molar-refractivity contribution in [3.05, 3.63) is 58.9 Å². The number of benzene rings is 2. The summed E-state index contributed by atoms with van der Waals surface area (Å²) in [7, 11) is 2.21. The van der Waals surface area contributed by atoms with Crippen molar-refractivity contribution >= 4 is 34.9 Å². The van der Waals surface area contributed by atoms with Crippen LogP contribution in [-0.2, 0) is 4.74 Å². The molecular weight excluding hydrogens is 476 g/mol. The molecule has 6 nitrogen and oxygen atoms in total. The maximum Gasteiger partial charge on any atom is 0.250 e. The van der Waals surface area contributed by atoms with E-state index in [0.29, 0.717) is 19.3 Å². The second kappa shape index (κ2) is 9.93. The topological polar surface area (TPSA) is 60.6 Å². The number of ether oxygens (including phenoxy) is 1. The Hall–Kier alpha value is -2.39. The fourth-order valence-corrected chi connectivity index (χ4v) is 7.48. The van der Waals surface area contributed by atoms with E-state index in [1.165, 1.54) is 38.1 Å². The first-order chi connectivity index (χ1) is 17.2. The van der Waals surface area contributed by atoms with E-state index in [1.807, 2.05) is 11.8 Å². The van der Waals surface area contributed by atoms with Crippen LogP contribution in [0.4, 0.5) is 11.4 Å². The van der Waals surface area contributed by atoms with E-state index in [0.717, 1.165) is 43.1 Å². The minimum atomic E-state index is -0.0691. The number of aromatic nitrogens is 1. The van der Waals surface area contributed by atoms with E-state index in [-0.39, 0.29) is 5.56 Å². The number of fused-ring (bicyclic) bond motifs is 2. The average Bonchev–Trinajstić information content (AvgIpc) is 2.91. The number of piperidine rings is 1. The van der Waals surface area contributed by atoms with E-state index in [2.05, 4.69) is 69.6 Å². The lowest BCUT2D eigenvalue weighted by molar-refractivity contribution is 0.122. The molecule has 0 radical (unpaired) electrons. The normalized spacial score (nSPS) is 19.7. The monoisotopic (exact) mass is 506 g/mol. The summed E-state index contributed by atoms with van der Waals surface area (Å²) >= 11 is 3.62. The standard InChI is InChI=1S/C27H30N4O2S2/c1-30(19-4-3-9-28-17-19)18-7-8-23-25(15-18)34-24-6-2-5-21(27(24)35-23)22-14-20(16-26(32)29-22)31-10-12-33-13-11-31/h2,5-8,14-16,19,28H,3-4,9-13,17H2,1H3,(H,29,32). The van der Waals surface area contributed by atoms with Gasteiger partial charge in [-0.1, -0.05) is 35.7 Å². The number of nitrogens with one attached hydrogen (secondary N) is 2. The van der Waals surface area contributed by atoms with Gasteiger partial charge in [0, 0.05) is 75.3 Å². The third-order valence-electron chi connectivity index (χ3n) is 7.06. The van der Waals surface area contributed by atoms with Crippen LogP contribution in [0.5, 0.6) is 0 Å². The second-order valence-corrected chi connectivity index (χ2v) is 11.4. The van der Waals surface area contributed by atoms with Gasteiger partial charge in [0.05, 0.1) is 18.9 Å². The number of morpholine rings is 1. The zero-order valence-corrected chi connectivity index (χ0v) is 21.5. The molecule has 0 spiro atoms. The Kier molecular flexibility index (Phi) is 6.54. The Morgan fingerprint density at radius 2 is 1.91 bits per heavy atom. The fourth-order valence-electron chi connectivity index (χ4n) is 5.08. The number of nitrogens with zero attached hydrogens (tertiary/aromatic N) is 2. The van der Waals surface area contributed by atoms with Crippen LogP contribution in [0.25, 0.3) is 11.3 Å². The van der Waals surface area contributed by atoms with Gasteiger partial charge in [-0.3, -0.25) is 4.79 Å². The van der Waals surface area contributed by atoms with Gasteiger partial charge in [-0.15, -0.1) is 0 Å². The molecule has 2 N–H and O–H groups in total. The predicted molar refractivity (Wildman–Crippen MR) is 145 cm³/mol. The van der Waals surface area contributed by atoms with E-state index in [9.17, 15) is 4.79 Å². The Labute approximate surface area is 214 Å². The van der Waals surface area contributed by atoms with Gasteiger partial charge in [0.1, 0.15) is 0 Å². The molecule has 3 aliphatic heterocycles. The highest BCUT2D eigenvalue weighted by molar-refractivity contribution is 8.05. The molecular formula is C27H30N4O2S2. The van der Waals surface area contributed by atoms with Crippen molar-refractivity contribution in [3.63, 3.8) is 0 Å². The largest absolute Gasteiger partial charge is 0.378 e. The molecule has 0 bridgehead atoms. The average molecular weight is 507 g/mol.